The lowest BCUT2D eigenvalue weighted by Gasteiger charge is -2.20. The highest BCUT2D eigenvalue weighted by Crippen LogP contribution is 2.33. The monoisotopic (exact) mass is 331 g/mol. The van der Waals surface area contributed by atoms with Crippen LogP contribution in [0.25, 0.3) is 0 Å². The molecule has 1 saturated heterocycles. The van der Waals surface area contributed by atoms with Crippen LogP contribution in [0.4, 0.5) is 4.79 Å². The highest BCUT2D eigenvalue weighted by atomic mass is 16.6. The van der Waals surface area contributed by atoms with Crippen molar-refractivity contribution in [2.45, 2.75) is 71.4 Å². The van der Waals surface area contributed by atoms with Gasteiger partial charge < -0.3 is 4.74 Å². The first kappa shape index (κ1) is 18.5. The van der Waals surface area contributed by atoms with Gasteiger partial charge in [-0.25, -0.2) is 9.69 Å². The van der Waals surface area contributed by atoms with Gasteiger partial charge >= 0.3 is 6.09 Å². The largest absolute Gasteiger partial charge is 0.439 e. The zero-order valence-electron chi connectivity index (χ0n) is 15.0. The van der Waals surface area contributed by atoms with Crippen LogP contribution >= 0.6 is 0 Å². The quantitative estimate of drug-likeness (QED) is 0.623. The minimum Gasteiger partial charge on any atom is -0.439 e. The van der Waals surface area contributed by atoms with E-state index in [-0.39, 0.29) is 18.1 Å². The van der Waals surface area contributed by atoms with Crippen LogP contribution in [0, 0.1) is 5.92 Å². The van der Waals surface area contributed by atoms with E-state index in [1.807, 2.05) is 37.3 Å². The number of unbranched alkanes of at least 4 members (excludes halogenated alkanes) is 2. The smallest absolute Gasteiger partial charge is 0.417 e. The SMILES string of the molecule is CCCCCC(C)CCC(=O)N1C(=O)O[C@@H](c2ccccc2)[C@H]1C. The van der Waals surface area contributed by atoms with Crippen molar-refractivity contribution in [3.63, 3.8) is 0 Å². The number of carbonyl (C=O) groups is 2. The first-order valence-corrected chi connectivity index (χ1v) is 9.12. The molecule has 4 heteroatoms. The van der Waals surface area contributed by atoms with E-state index in [1.54, 1.807) is 0 Å². The molecule has 0 bridgehead atoms. The molecule has 0 aliphatic carbocycles. The second-order valence-electron chi connectivity index (χ2n) is 6.86. The van der Waals surface area contributed by atoms with Crippen molar-refractivity contribution in [3.8, 4) is 0 Å². The van der Waals surface area contributed by atoms with Crippen molar-refractivity contribution in [1.82, 2.24) is 4.90 Å². The van der Waals surface area contributed by atoms with Gasteiger partial charge in [0, 0.05) is 6.42 Å². The molecule has 24 heavy (non-hydrogen) atoms. The third-order valence-corrected chi connectivity index (χ3v) is 4.82. The highest BCUT2D eigenvalue weighted by Gasteiger charge is 2.42. The van der Waals surface area contributed by atoms with Crippen LogP contribution in [-0.4, -0.2) is 22.9 Å². The van der Waals surface area contributed by atoms with Crippen molar-refractivity contribution in [2.24, 2.45) is 5.92 Å². The summed E-state index contributed by atoms with van der Waals surface area (Å²) >= 11 is 0. The number of cyclic esters (lactones) is 1. The van der Waals surface area contributed by atoms with Crippen LogP contribution in [-0.2, 0) is 9.53 Å². The molecule has 1 heterocycles. The number of benzene rings is 1. The zero-order valence-corrected chi connectivity index (χ0v) is 15.0. The first-order valence-electron chi connectivity index (χ1n) is 9.12. The number of nitrogens with zero attached hydrogens (tertiary/aromatic N) is 1. The minimum absolute atomic E-state index is 0.117. The predicted octanol–water partition coefficient (Wildman–Crippen LogP) is 5.09. The molecule has 0 radical (unpaired) electrons. The summed E-state index contributed by atoms with van der Waals surface area (Å²) in [5, 5.41) is 0. The standard InChI is InChI=1S/C20H29NO3/c1-4-5-7-10-15(2)13-14-18(22)21-16(3)19(24-20(21)23)17-11-8-6-9-12-17/h6,8-9,11-12,15-16,19H,4-5,7,10,13-14H2,1-3H3/t15?,16-,19-/m1/s1. The van der Waals surface area contributed by atoms with E-state index in [4.69, 9.17) is 4.74 Å². The summed E-state index contributed by atoms with van der Waals surface area (Å²) in [4.78, 5) is 26.0. The summed E-state index contributed by atoms with van der Waals surface area (Å²) in [6.07, 6.45) is 5.17. The van der Waals surface area contributed by atoms with Crippen molar-refractivity contribution >= 4 is 12.0 Å². The van der Waals surface area contributed by atoms with Crippen LogP contribution < -0.4 is 0 Å². The van der Waals surface area contributed by atoms with Gasteiger partial charge in [0.1, 0.15) is 6.10 Å². The Labute approximate surface area is 145 Å². The number of carbonyl (C=O) groups excluding carboxylic acids is 2. The van der Waals surface area contributed by atoms with Crippen molar-refractivity contribution in [1.29, 1.82) is 0 Å². The highest BCUT2D eigenvalue weighted by molar-refractivity contribution is 5.93. The van der Waals surface area contributed by atoms with E-state index in [9.17, 15) is 9.59 Å². The molecule has 1 unspecified atom stereocenters. The molecule has 1 aromatic rings. The van der Waals surface area contributed by atoms with Gasteiger partial charge in [0.15, 0.2) is 0 Å². The molecule has 4 nitrogen and oxygen atoms in total. The third kappa shape index (κ3) is 4.59. The Morgan fingerprint density at radius 2 is 1.92 bits per heavy atom. The molecular weight excluding hydrogens is 302 g/mol. The number of hydrogen-bond donors (Lipinski definition) is 0. The Balaban J connectivity index is 1.89. The van der Waals surface area contributed by atoms with Crippen LogP contribution in [0.2, 0.25) is 0 Å². The lowest BCUT2D eigenvalue weighted by molar-refractivity contribution is -0.129. The molecule has 3 atom stereocenters. The van der Waals surface area contributed by atoms with Crippen LogP contribution in [0.3, 0.4) is 0 Å². The Hall–Kier alpha value is -1.84. The summed E-state index contributed by atoms with van der Waals surface area (Å²) in [5.74, 6) is 0.396. The molecule has 1 fully saturated rings. The number of rotatable bonds is 8. The van der Waals surface area contributed by atoms with E-state index in [0.717, 1.165) is 18.4 Å². The fourth-order valence-corrected chi connectivity index (χ4v) is 3.26. The summed E-state index contributed by atoms with van der Waals surface area (Å²) in [7, 11) is 0. The molecule has 0 spiro atoms. The number of imide groups is 1. The van der Waals surface area contributed by atoms with Gasteiger partial charge in [-0.15, -0.1) is 0 Å². The van der Waals surface area contributed by atoms with Crippen LogP contribution in [0.15, 0.2) is 30.3 Å². The Morgan fingerprint density at radius 1 is 1.21 bits per heavy atom. The minimum atomic E-state index is -0.514. The van der Waals surface area contributed by atoms with E-state index >= 15 is 0 Å². The van der Waals surface area contributed by atoms with Crippen LogP contribution in [0.5, 0.6) is 0 Å². The van der Waals surface area contributed by atoms with Crippen molar-refractivity contribution < 1.29 is 14.3 Å². The molecule has 0 N–H and O–H groups in total. The Bertz CT molecular complexity index is 543. The lowest BCUT2D eigenvalue weighted by Crippen LogP contribution is -2.37. The molecule has 0 aromatic heterocycles. The van der Waals surface area contributed by atoms with E-state index in [0.29, 0.717) is 12.3 Å². The van der Waals surface area contributed by atoms with E-state index < -0.39 is 6.09 Å². The molecule has 1 aliphatic heterocycles. The fraction of sp³-hybridized carbons (Fsp3) is 0.600. The average Bonchev–Trinajstić information content (AvgIpc) is 2.88. The van der Waals surface area contributed by atoms with Gasteiger partial charge in [0.05, 0.1) is 6.04 Å². The summed E-state index contributed by atoms with van der Waals surface area (Å²) in [5.41, 5.74) is 0.932. The molecule has 132 valence electrons. The van der Waals surface area contributed by atoms with Crippen LogP contribution in [0.1, 0.15) is 71.0 Å². The summed E-state index contributed by atoms with van der Waals surface area (Å²) in [6, 6.07) is 9.35. The van der Waals surface area contributed by atoms with Gasteiger partial charge in [-0.2, -0.15) is 0 Å². The normalized spacial score (nSPS) is 21.6. The number of hydrogen-bond acceptors (Lipinski definition) is 3. The fourth-order valence-electron chi connectivity index (χ4n) is 3.26. The number of ether oxygens (including phenoxy) is 1. The van der Waals surface area contributed by atoms with Gasteiger partial charge in [0.2, 0.25) is 5.91 Å². The van der Waals surface area contributed by atoms with Gasteiger partial charge in [-0.3, -0.25) is 4.79 Å². The first-order chi connectivity index (χ1) is 11.5. The van der Waals surface area contributed by atoms with E-state index in [1.165, 1.54) is 24.2 Å². The Kier molecular flexibility index (Phi) is 6.83. The number of amides is 2. The summed E-state index contributed by atoms with van der Waals surface area (Å²) < 4.78 is 5.45. The second-order valence-corrected chi connectivity index (χ2v) is 6.86. The van der Waals surface area contributed by atoms with Crippen molar-refractivity contribution in [3.05, 3.63) is 35.9 Å². The summed E-state index contributed by atoms with van der Waals surface area (Å²) in [6.45, 7) is 6.25. The maximum absolute atomic E-state index is 12.5. The average molecular weight is 331 g/mol. The molecular formula is C20H29NO3. The maximum atomic E-state index is 12.5. The van der Waals surface area contributed by atoms with Gasteiger partial charge in [-0.1, -0.05) is 69.9 Å². The second kappa shape index (κ2) is 8.86. The molecule has 2 rings (SSSR count). The third-order valence-electron chi connectivity index (χ3n) is 4.82. The van der Waals surface area contributed by atoms with E-state index in [2.05, 4.69) is 13.8 Å². The molecule has 2 amide bonds. The predicted molar refractivity (Wildman–Crippen MR) is 94.5 cm³/mol. The topological polar surface area (TPSA) is 46.6 Å². The van der Waals surface area contributed by atoms with Gasteiger partial charge in [0.25, 0.3) is 0 Å². The maximum Gasteiger partial charge on any atom is 0.417 e. The zero-order chi connectivity index (χ0) is 17.5. The van der Waals surface area contributed by atoms with Crippen molar-refractivity contribution in [2.75, 3.05) is 0 Å². The lowest BCUT2D eigenvalue weighted by atomic mass is 9.97. The molecule has 1 aromatic carbocycles. The Morgan fingerprint density at radius 3 is 2.58 bits per heavy atom. The molecule has 1 aliphatic rings. The van der Waals surface area contributed by atoms with Gasteiger partial charge in [-0.05, 0) is 24.8 Å². The molecule has 0 saturated carbocycles.